The van der Waals surface area contributed by atoms with E-state index in [9.17, 15) is 9.90 Å². The van der Waals surface area contributed by atoms with Crippen molar-refractivity contribution in [3.05, 3.63) is 41.2 Å². The maximum Gasteiger partial charge on any atom is 0.223 e. The minimum Gasteiger partial charge on any atom is -0.393 e. The number of aryl methyl sites for hydroxylation is 1. The lowest BCUT2D eigenvalue weighted by Crippen LogP contribution is -2.45. The predicted octanol–water partition coefficient (Wildman–Crippen LogP) is 3.74. The van der Waals surface area contributed by atoms with Gasteiger partial charge in [0.25, 0.3) is 0 Å². The molecule has 1 aliphatic heterocycles. The number of halogens is 1. The molecule has 1 saturated heterocycles. The topological polar surface area (TPSA) is 78.4 Å². The predicted molar refractivity (Wildman–Crippen MR) is 119 cm³/mol. The van der Waals surface area contributed by atoms with Gasteiger partial charge in [0.15, 0.2) is 0 Å². The Bertz CT molecular complexity index is 891. The number of rotatable bonds is 4. The van der Waals surface area contributed by atoms with E-state index in [-0.39, 0.29) is 24.0 Å². The summed E-state index contributed by atoms with van der Waals surface area (Å²) in [5.41, 5.74) is 2.83. The van der Waals surface area contributed by atoms with Crippen LogP contribution in [0.3, 0.4) is 0 Å². The van der Waals surface area contributed by atoms with E-state index < -0.39 is 0 Å². The van der Waals surface area contributed by atoms with Crippen LogP contribution in [0, 0.1) is 12.8 Å². The van der Waals surface area contributed by atoms with E-state index in [4.69, 9.17) is 11.6 Å². The highest BCUT2D eigenvalue weighted by Gasteiger charge is 2.28. The number of aromatic nitrogens is 2. The lowest BCUT2D eigenvalue weighted by Gasteiger charge is -2.34. The first-order valence-corrected chi connectivity index (χ1v) is 11.2. The van der Waals surface area contributed by atoms with Gasteiger partial charge < -0.3 is 15.3 Å². The Morgan fingerprint density at radius 1 is 1.17 bits per heavy atom. The fourth-order valence-electron chi connectivity index (χ4n) is 4.46. The number of piperidine rings is 1. The molecule has 3 heterocycles. The van der Waals surface area contributed by atoms with Crippen molar-refractivity contribution in [2.24, 2.45) is 5.92 Å². The third-order valence-corrected chi connectivity index (χ3v) is 6.64. The molecule has 30 heavy (non-hydrogen) atoms. The molecular formula is C23H29ClN4O2. The van der Waals surface area contributed by atoms with Crippen LogP contribution >= 0.6 is 11.6 Å². The summed E-state index contributed by atoms with van der Waals surface area (Å²) in [5, 5.41) is 13.4. The molecule has 0 atom stereocenters. The second-order valence-corrected chi connectivity index (χ2v) is 8.87. The zero-order valence-electron chi connectivity index (χ0n) is 17.4. The van der Waals surface area contributed by atoms with Crippen molar-refractivity contribution in [3.8, 4) is 11.3 Å². The molecule has 0 radical (unpaired) electrons. The summed E-state index contributed by atoms with van der Waals surface area (Å²) in [6.45, 7) is 3.60. The van der Waals surface area contributed by atoms with Crippen LogP contribution in [0.2, 0.25) is 5.02 Å². The average molecular weight is 429 g/mol. The second kappa shape index (κ2) is 9.31. The van der Waals surface area contributed by atoms with Gasteiger partial charge >= 0.3 is 0 Å². The van der Waals surface area contributed by atoms with Crippen LogP contribution in [0.15, 0.2) is 30.6 Å². The standard InChI is InChI=1S/C23H29ClN4O2/c1-15-3-2-10-25-22(15)19-13-21(26-14-20(19)24)28-11-8-16(9-12-28)23(30)27-17-4-6-18(29)7-5-17/h2-3,10,13-14,16-18,29H,4-9,11-12H2,1H3,(H,27,30)/t17-,18+. The average Bonchev–Trinajstić information content (AvgIpc) is 2.76. The summed E-state index contributed by atoms with van der Waals surface area (Å²) < 4.78 is 0. The largest absolute Gasteiger partial charge is 0.393 e. The van der Waals surface area contributed by atoms with Gasteiger partial charge in [-0.05, 0) is 63.1 Å². The number of amides is 1. The molecule has 1 saturated carbocycles. The first-order chi connectivity index (χ1) is 14.5. The molecule has 2 aromatic rings. The highest BCUT2D eigenvalue weighted by atomic mass is 35.5. The van der Waals surface area contributed by atoms with Crippen molar-refractivity contribution >= 4 is 23.3 Å². The smallest absolute Gasteiger partial charge is 0.223 e. The molecule has 2 fully saturated rings. The van der Waals surface area contributed by atoms with Crippen molar-refractivity contribution in [3.63, 3.8) is 0 Å². The van der Waals surface area contributed by atoms with Crippen LogP contribution < -0.4 is 10.2 Å². The van der Waals surface area contributed by atoms with Crippen molar-refractivity contribution < 1.29 is 9.90 Å². The molecule has 2 aromatic heterocycles. The molecule has 160 valence electrons. The number of nitrogens with zero attached hydrogens (tertiary/aromatic N) is 3. The molecule has 1 aliphatic carbocycles. The minimum absolute atomic E-state index is 0.0397. The third-order valence-electron chi connectivity index (χ3n) is 6.34. The van der Waals surface area contributed by atoms with Gasteiger partial charge in [-0.15, -0.1) is 0 Å². The molecule has 0 aromatic carbocycles. The van der Waals surface area contributed by atoms with Crippen molar-refractivity contribution in [1.82, 2.24) is 15.3 Å². The van der Waals surface area contributed by atoms with Gasteiger partial charge in [0.2, 0.25) is 5.91 Å². The number of hydrogen-bond acceptors (Lipinski definition) is 5. The maximum absolute atomic E-state index is 12.7. The monoisotopic (exact) mass is 428 g/mol. The summed E-state index contributed by atoms with van der Waals surface area (Å²) in [7, 11) is 0. The van der Waals surface area contributed by atoms with E-state index in [1.807, 2.05) is 25.1 Å². The number of hydrogen-bond donors (Lipinski definition) is 2. The second-order valence-electron chi connectivity index (χ2n) is 8.47. The minimum atomic E-state index is -0.201. The number of anilines is 1. The SMILES string of the molecule is Cc1cccnc1-c1cc(N2CCC(C(=O)N[C@H]3CC[C@@H](O)CC3)CC2)ncc1Cl. The van der Waals surface area contributed by atoms with Gasteiger partial charge in [-0.2, -0.15) is 0 Å². The molecule has 4 rings (SSSR count). The first-order valence-electron chi connectivity index (χ1n) is 10.8. The van der Waals surface area contributed by atoms with Crippen LogP contribution in [-0.4, -0.2) is 46.2 Å². The van der Waals surface area contributed by atoms with Gasteiger partial charge in [0, 0.05) is 43.0 Å². The molecule has 0 bridgehead atoms. The zero-order chi connectivity index (χ0) is 21.1. The Morgan fingerprint density at radius 3 is 2.60 bits per heavy atom. The molecule has 1 amide bonds. The maximum atomic E-state index is 12.7. The van der Waals surface area contributed by atoms with E-state index in [1.165, 1.54) is 0 Å². The van der Waals surface area contributed by atoms with Gasteiger partial charge in [0.05, 0.1) is 16.8 Å². The Morgan fingerprint density at radius 2 is 1.90 bits per heavy atom. The Balaban J connectivity index is 1.38. The number of carbonyl (C=O) groups excluding carboxylic acids is 1. The van der Waals surface area contributed by atoms with Crippen molar-refractivity contribution in [2.45, 2.75) is 57.6 Å². The summed E-state index contributed by atoms with van der Waals surface area (Å²) in [5.74, 6) is 1.07. The number of aliphatic hydroxyl groups is 1. The van der Waals surface area contributed by atoms with E-state index in [1.54, 1.807) is 12.4 Å². The van der Waals surface area contributed by atoms with Crippen LogP contribution in [0.5, 0.6) is 0 Å². The van der Waals surface area contributed by atoms with Crippen LogP contribution in [0.4, 0.5) is 5.82 Å². The molecular weight excluding hydrogens is 400 g/mol. The van der Waals surface area contributed by atoms with Gasteiger partial charge in [-0.1, -0.05) is 17.7 Å². The first kappa shape index (κ1) is 21.1. The van der Waals surface area contributed by atoms with Crippen molar-refractivity contribution in [1.29, 1.82) is 0 Å². The van der Waals surface area contributed by atoms with Crippen LogP contribution in [0.25, 0.3) is 11.3 Å². The summed E-state index contributed by atoms with van der Waals surface area (Å²) in [6.07, 6.45) is 8.19. The Kier molecular flexibility index (Phi) is 6.54. The fourth-order valence-corrected chi connectivity index (χ4v) is 4.65. The van der Waals surface area contributed by atoms with Gasteiger partial charge in [-0.3, -0.25) is 9.78 Å². The summed E-state index contributed by atoms with van der Waals surface area (Å²) in [4.78, 5) is 23.9. The molecule has 2 aliphatic rings. The lowest BCUT2D eigenvalue weighted by atomic mass is 9.91. The van der Waals surface area contributed by atoms with E-state index in [0.717, 1.165) is 74.3 Å². The fraction of sp³-hybridized carbons (Fsp3) is 0.522. The molecule has 7 heteroatoms. The van der Waals surface area contributed by atoms with Gasteiger partial charge in [-0.25, -0.2) is 4.98 Å². The Hall–Kier alpha value is -2.18. The van der Waals surface area contributed by atoms with E-state index >= 15 is 0 Å². The lowest BCUT2D eigenvalue weighted by molar-refractivity contribution is -0.126. The number of pyridine rings is 2. The summed E-state index contributed by atoms with van der Waals surface area (Å²) >= 11 is 6.42. The van der Waals surface area contributed by atoms with Gasteiger partial charge in [0.1, 0.15) is 5.82 Å². The number of nitrogens with one attached hydrogen (secondary N) is 1. The normalized spacial score (nSPS) is 22.7. The highest BCUT2D eigenvalue weighted by molar-refractivity contribution is 6.33. The Labute approximate surface area is 182 Å². The van der Waals surface area contributed by atoms with Crippen LogP contribution in [-0.2, 0) is 4.79 Å². The number of carbonyl (C=O) groups is 1. The van der Waals surface area contributed by atoms with Crippen molar-refractivity contribution in [2.75, 3.05) is 18.0 Å². The molecule has 0 unspecified atom stereocenters. The molecule has 2 N–H and O–H groups in total. The summed E-state index contributed by atoms with van der Waals surface area (Å²) in [6, 6.07) is 6.16. The highest BCUT2D eigenvalue weighted by Crippen LogP contribution is 2.32. The quantitative estimate of drug-likeness (QED) is 0.775. The zero-order valence-corrected chi connectivity index (χ0v) is 18.1. The van der Waals surface area contributed by atoms with Crippen LogP contribution in [0.1, 0.15) is 44.1 Å². The van der Waals surface area contributed by atoms with E-state index in [2.05, 4.69) is 20.2 Å². The molecule has 0 spiro atoms. The molecule has 6 nitrogen and oxygen atoms in total. The van der Waals surface area contributed by atoms with E-state index in [0.29, 0.717) is 5.02 Å². The number of aliphatic hydroxyl groups excluding tert-OH is 1. The third kappa shape index (κ3) is 4.76.